The summed E-state index contributed by atoms with van der Waals surface area (Å²) in [6.45, 7) is 0.425. The van der Waals surface area contributed by atoms with Crippen LogP contribution in [0.5, 0.6) is 0 Å². The molecule has 2 aliphatic rings. The maximum absolute atomic E-state index is 11.2. The van der Waals surface area contributed by atoms with Crippen molar-refractivity contribution in [1.29, 1.82) is 0 Å². The third-order valence-electron chi connectivity index (χ3n) is 3.07. The fourth-order valence-corrected chi connectivity index (χ4v) is 1.98. The van der Waals surface area contributed by atoms with Crippen LogP contribution in [0.1, 0.15) is 6.42 Å². The van der Waals surface area contributed by atoms with Gasteiger partial charge in [0.25, 0.3) is 0 Å². The van der Waals surface area contributed by atoms with E-state index in [0.29, 0.717) is 13.0 Å². The molecule has 2 rings (SSSR count). The van der Waals surface area contributed by atoms with Gasteiger partial charge >= 0.3 is 0 Å². The summed E-state index contributed by atoms with van der Waals surface area (Å²) in [5.41, 5.74) is 0. The summed E-state index contributed by atoms with van der Waals surface area (Å²) >= 11 is 0. The number of aliphatic hydroxyl groups is 3. The predicted octanol–water partition coefficient (Wildman–Crippen LogP) is -2.30. The van der Waals surface area contributed by atoms with Crippen molar-refractivity contribution in [2.45, 2.75) is 30.8 Å². The molecular formula is C9H15NO5. The highest BCUT2D eigenvalue weighted by Gasteiger charge is 2.44. The van der Waals surface area contributed by atoms with E-state index >= 15 is 0 Å². The smallest absolute Gasteiger partial charge is 0.224 e. The molecule has 15 heavy (non-hydrogen) atoms. The molecule has 0 bridgehead atoms. The van der Waals surface area contributed by atoms with Crippen LogP contribution in [0.25, 0.3) is 0 Å². The minimum atomic E-state index is -1.14. The Balaban J connectivity index is 2.00. The molecule has 0 spiro atoms. The predicted molar refractivity (Wildman–Crippen MR) is 49.0 cm³/mol. The Morgan fingerprint density at radius 1 is 1.40 bits per heavy atom. The van der Waals surface area contributed by atoms with Crippen LogP contribution >= 0.6 is 0 Å². The lowest BCUT2D eigenvalue weighted by atomic mass is 9.95. The molecule has 1 amide bonds. The molecule has 6 heteroatoms. The van der Waals surface area contributed by atoms with Gasteiger partial charge < -0.3 is 25.0 Å². The van der Waals surface area contributed by atoms with Crippen molar-refractivity contribution in [1.82, 2.24) is 4.90 Å². The molecule has 0 aliphatic carbocycles. The van der Waals surface area contributed by atoms with E-state index in [1.165, 1.54) is 4.90 Å². The molecule has 2 fully saturated rings. The number of β-lactam (4-membered cyclic amide) rings is 1. The van der Waals surface area contributed by atoms with Crippen molar-refractivity contribution in [3.05, 3.63) is 0 Å². The number of likely N-dealkylation sites (tertiary alicyclic amines) is 1. The van der Waals surface area contributed by atoms with Crippen molar-refractivity contribution < 1.29 is 24.9 Å². The minimum Gasteiger partial charge on any atom is -0.394 e. The molecule has 0 aromatic rings. The zero-order chi connectivity index (χ0) is 11.0. The highest BCUT2D eigenvalue weighted by molar-refractivity contribution is 5.82. The average molecular weight is 217 g/mol. The van der Waals surface area contributed by atoms with Crippen LogP contribution in [0.15, 0.2) is 0 Å². The number of hydrogen-bond donors (Lipinski definition) is 3. The van der Waals surface area contributed by atoms with E-state index in [2.05, 4.69) is 0 Å². The van der Waals surface area contributed by atoms with E-state index in [1.807, 2.05) is 0 Å². The van der Waals surface area contributed by atoms with Gasteiger partial charge in [0.05, 0.1) is 19.3 Å². The van der Waals surface area contributed by atoms with Gasteiger partial charge in [-0.25, -0.2) is 0 Å². The van der Waals surface area contributed by atoms with Crippen LogP contribution in [0.3, 0.4) is 0 Å². The summed E-state index contributed by atoms with van der Waals surface area (Å²) in [4.78, 5) is 12.7. The molecule has 6 nitrogen and oxygen atoms in total. The number of aliphatic hydroxyl groups excluding tert-OH is 3. The fourth-order valence-electron chi connectivity index (χ4n) is 1.98. The molecule has 86 valence electrons. The second-order valence-corrected chi connectivity index (χ2v) is 3.94. The second-order valence-electron chi connectivity index (χ2n) is 3.94. The Morgan fingerprint density at radius 2 is 2.13 bits per heavy atom. The van der Waals surface area contributed by atoms with Crippen molar-refractivity contribution in [2.24, 2.45) is 0 Å². The number of carbonyl (C=O) groups is 1. The highest BCUT2D eigenvalue weighted by atomic mass is 16.5. The molecule has 3 N–H and O–H groups in total. The second kappa shape index (κ2) is 4.05. The van der Waals surface area contributed by atoms with Gasteiger partial charge in [-0.15, -0.1) is 0 Å². The van der Waals surface area contributed by atoms with Crippen LogP contribution in [-0.4, -0.2) is 70.2 Å². The standard InChI is InChI=1S/C9H15NO5/c11-3-6-9(14)8(13)5(4-15-6)10-2-1-7(10)12/h5-6,8-9,11,13-14H,1-4H2/t5-,6?,8?,9?/m1/s1. The van der Waals surface area contributed by atoms with E-state index in [1.54, 1.807) is 0 Å². The van der Waals surface area contributed by atoms with Crippen molar-refractivity contribution in [2.75, 3.05) is 19.8 Å². The van der Waals surface area contributed by atoms with Crippen molar-refractivity contribution in [3.8, 4) is 0 Å². The molecule has 2 aliphatic heterocycles. The Labute approximate surface area is 87.1 Å². The first-order valence-corrected chi connectivity index (χ1v) is 5.03. The van der Waals surface area contributed by atoms with Crippen LogP contribution in [0.2, 0.25) is 0 Å². The lowest BCUT2D eigenvalue weighted by molar-refractivity contribution is -0.192. The first-order chi connectivity index (χ1) is 7.15. The van der Waals surface area contributed by atoms with Crippen LogP contribution < -0.4 is 0 Å². The molecule has 2 saturated heterocycles. The Bertz CT molecular complexity index is 259. The number of amides is 1. The van der Waals surface area contributed by atoms with E-state index in [9.17, 15) is 15.0 Å². The van der Waals surface area contributed by atoms with Crippen LogP contribution in [-0.2, 0) is 9.53 Å². The summed E-state index contributed by atoms with van der Waals surface area (Å²) < 4.78 is 5.17. The van der Waals surface area contributed by atoms with E-state index < -0.39 is 24.4 Å². The zero-order valence-corrected chi connectivity index (χ0v) is 8.24. The van der Waals surface area contributed by atoms with Gasteiger partial charge in [0.1, 0.15) is 18.3 Å². The number of ether oxygens (including phenoxy) is 1. The lowest BCUT2D eigenvalue weighted by Crippen LogP contribution is -2.64. The number of hydrogen-bond acceptors (Lipinski definition) is 5. The van der Waals surface area contributed by atoms with Crippen LogP contribution in [0, 0.1) is 0 Å². The fraction of sp³-hybridized carbons (Fsp3) is 0.889. The van der Waals surface area contributed by atoms with E-state index in [-0.39, 0.29) is 19.1 Å². The molecule has 2 heterocycles. The zero-order valence-electron chi connectivity index (χ0n) is 8.24. The number of rotatable bonds is 2. The first-order valence-electron chi connectivity index (χ1n) is 5.03. The molecule has 3 unspecified atom stereocenters. The topological polar surface area (TPSA) is 90.2 Å². The summed E-state index contributed by atoms with van der Waals surface area (Å²) in [6, 6.07) is -0.482. The van der Waals surface area contributed by atoms with Gasteiger partial charge in [0.15, 0.2) is 0 Å². The molecular weight excluding hydrogens is 202 g/mol. The summed E-state index contributed by atoms with van der Waals surface area (Å²) in [5, 5.41) is 28.2. The van der Waals surface area contributed by atoms with Gasteiger partial charge in [-0.1, -0.05) is 0 Å². The van der Waals surface area contributed by atoms with Crippen molar-refractivity contribution >= 4 is 5.91 Å². The third-order valence-corrected chi connectivity index (χ3v) is 3.07. The van der Waals surface area contributed by atoms with Gasteiger partial charge in [-0.3, -0.25) is 4.79 Å². The van der Waals surface area contributed by atoms with Gasteiger partial charge in [-0.2, -0.15) is 0 Å². The highest BCUT2D eigenvalue weighted by Crippen LogP contribution is 2.23. The average Bonchev–Trinajstić information content (AvgIpc) is 2.23. The van der Waals surface area contributed by atoms with Gasteiger partial charge in [0, 0.05) is 13.0 Å². The lowest BCUT2D eigenvalue weighted by Gasteiger charge is -2.45. The first kappa shape index (κ1) is 10.8. The minimum absolute atomic E-state index is 0.0303. The van der Waals surface area contributed by atoms with E-state index in [4.69, 9.17) is 9.84 Å². The maximum Gasteiger partial charge on any atom is 0.224 e. The SMILES string of the molecule is O=C1CCN1[C@@H]1COC(CO)C(O)C1O. The summed E-state index contributed by atoms with van der Waals surface area (Å²) in [5.74, 6) is -0.0303. The Hall–Kier alpha value is -0.690. The van der Waals surface area contributed by atoms with Crippen LogP contribution in [0.4, 0.5) is 0 Å². The number of nitrogens with zero attached hydrogens (tertiary/aromatic N) is 1. The molecule has 0 aromatic carbocycles. The van der Waals surface area contributed by atoms with Gasteiger partial charge in [-0.05, 0) is 0 Å². The number of carbonyl (C=O) groups excluding carboxylic acids is 1. The largest absolute Gasteiger partial charge is 0.394 e. The molecule has 0 saturated carbocycles. The third kappa shape index (κ3) is 1.74. The van der Waals surface area contributed by atoms with E-state index in [0.717, 1.165) is 0 Å². The Kier molecular flexibility index (Phi) is 2.92. The maximum atomic E-state index is 11.2. The Morgan fingerprint density at radius 3 is 2.60 bits per heavy atom. The monoisotopic (exact) mass is 217 g/mol. The van der Waals surface area contributed by atoms with Gasteiger partial charge in [0.2, 0.25) is 5.91 Å². The quantitative estimate of drug-likeness (QED) is 0.453. The summed E-state index contributed by atoms with van der Waals surface area (Å²) in [6.07, 6.45) is -2.45. The molecule has 0 radical (unpaired) electrons. The van der Waals surface area contributed by atoms with Crippen molar-refractivity contribution in [3.63, 3.8) is 0 Å². The summed E-state index contributed by atoms with van der Waals surface area (Å²) in [7, 11) is 0. The molecule has 0 aromatic heterocycles. The molecule has 4 atom stereocenters. The normalized spacial score (nSPS) is 41.5.